The highest BCUT2D eigenvalue weighted by atomic mass is 16.5. The van der Waals surface area contributed by atoms with Crippen LogP contribution in [0.3, 0.4) is 0 Å². The minimum Gasteiger partial charge on any atom is -0.368 e. The van der Waals surface area contributed by atoms with Crippen LogP contribution in [-0.4, -0.2) is 62.6 Å². The number of ether oxygens (including phenoxy) is 1. The summed E-state index contributed by atoms with van der Waals surface area (Å²) < 4.78 is 7.75. The van der Waals surface area contributed by atoms with Crippen molar-refractivity contribution in [3.63, 3.8) is 0 Å². The zero-order valence-corrected chi connectivity index (χ0v) is 25.2. The number of hydrogen-bond donors (Lipinski definition) is 3. The van der Waals surface area contributed by atoms with Crippen molar-refractivity contribution < 1.29 is 19.1 Å². The van der Waals surface area contributed by atoms with Crippen molar-refractivity contribution in [3.8, 4) is 0 Å². The number of likely N-dealkylation sites (tertiary alicyclic amines) is 1. The normalized spacial score (nSPS) is 24.9. The molecule has 1 unspecified atom stereocenters. The summed E-state index contributed by atoms with van der Waals surface area (Å²) in [5, 5.41) is 8.24. The summed E-state index contributed by atoms with van der Waals surface area (Å²) >= 11 is 0. The Hall–Kier alpha value is -3.99. The highest BCUT2D eigenvalue weighted by Gasteiger charge is 2.69. The summed E-state index contributed by atoms with van der Waals surface area (Å²) in [7, 11) is 0. The van der Waals surface area contributed by atoms with Crippen LogP contribution in [0, 0.1) is 31.1 Å². The van der Waals surface area contributed by atoms with Crippen LogP contribution in [0.25, 0.3) is 10.9 Å². The van der Waals surface area contributed by atoms with Crippen LogP contribution in [0.15, 0.2) is 35.1 Å². The minimum absolute atomic E-state index is 0.0367. The molecule has 4 heterocycles. The molecule has 3 fully saturated rings. The molecule has 3 aromatic rings. The van der Waals surface area contributed by atoms with Crippen molar-refractivity contribution in [1.82, 2.24) is 25.0 Å². The minimum atomic E-state index is -1.11. The molecule has 2 saturated heterocycles. The van der Waals surface area contributed by atoms with Gasteiger partial charge >= 0.3 is 0 Å². The van der Waals surface area contributed by atoms with E-state index in [0.29, 0.717) is 24.2 Å². The summed E-state index contributed by atoms with van der Waals surface area (Å²) in [5.74, 6) is -1.20. The topological polar surface area (TPSA) is 152 Å². The van der Waals surface area contributed by atoms with Gasteiger partial charge in [-0.05, 0) is 80.0 Å². The van der Waals surface area contributed by atoms with Crippen LogP contribution in [-0.2, 0) is 32.0 Å². The first-order valence-corrected chi connectivity index (χ1v) is 15.1. The van der Waals surface area contributed by atoms with Gasteiger partial charge in [0.1, 0.15) is 18.3 Å². The van der Waals surface area contributed by atoms with Crippen molar-refractivity contribution in [1.29, 1.82) is 0 Å². The molecule has 0 radical (unpaired) electrons. The summed E-state index contributed by atoms with van der Waals surface area (Å²) in [4.78, 5) is 57.5. The van der Waals surface area contributed by atoms with Crippen LogP contribution in [0.4, 0.5) is 0 Å². The van der Waals surface area contributed by atoms with Crippen molar-refractivity contribution >= 4 is 28.6 Å². The number of hydrogen-bond acceptors (Lipinski definition) is 6. The molecule has 228 valence electrons. The standard InChI is InChI=1S/C32H40N6O5/c1-17-8-9-23-19(11-17)13-20(30(41)34-23)14-24(29(33)40)35-31(42)28-27-22(32(27,3)4)16-37(28)25(39)15-21-12-18(2)36-38(21)26-7-5-6-10-43-26/h8-9,11-13,22,24,26-28H,5-7,10,14-16H2,1-4H3,(H2,33,40)(H,34,41)(H,35,42)/t22-,24-,26?,27-,28-/m0/s1. The first-order valence-electron chi connectivity index (χ1n) is 15.1. The Labute approximate surface area is 250 Å². The summed E-state index contributed by atoms with van der Waals surface area (Å²) in [5.41, 5.74) is 8.91. The van der Waals surface area contributed by atoms with Crippen LogP contribution in [0.1, 0.15) is 61.9 Å². The average molecular weight is 589 g/mol. The molecule has 0 spiro atoms. The zero-order valence-electron chi connectivity index (χ0n) is 25.2. The van der Waals surface area contributed by atoms with E-state index in [1.54, 1.807) is 11.0 Å². The van der Waals surface area contributed by atoms with Gasteiger partial charge in [0.25, 0.3) is 5.56 Å². The summed E-state index contributed by atoms with van der Waals surface area (Å²) in [6.45, 7) is 9.18. The van der Waals surface area contributed by atoms with E-state index in [4.69, 9.17) is 10.5 Å². The number of fused-ring (bicyclic) bond motifs is 2. The van der Waals surface area contributed by atoms with E-state index in [2.05, 4.69) is 29.2 Å². The van der Waals surface area contributed by atoms with Crippen molar-refractivity contribution in [2.24, 2.45) is 23.0 Å². The lowest BCUT2D eigenvalue weighted by molar-refractivity contribution is -0.141. The van der Waals surface area contributed by atoms with E-state index in [9.17, 15) is 19.2 Å². The fourth-order valence-corrected chi connectivity index (χ4v) is 7.19. The fraction of sp³-hybridized carbons (Fsp3) is 0.531. The Morgan fingerprint density at radius 3 is 2.70 bits per heavy atom. The number of carbonyl (C=O) groups excluding carboxylic acids is 3. The van der Waals surface area contributed by atoms with Gasteiger partial charge in [0.15, 0.2) is 0 Å². The first-order chi connectivity index (χ1) is 20.4. The molecule has 2 aliphatic heterocycles. The van der Waals surface area contributed by atoms with Gasteiger partial charge in [-0.1, -0.05) is 25.5 Å². The van der Waals surface area contributed by atoms with Crippen LogP contribution >= 0.6 is 0 Å². The van der Waals surface area contributed by atoms with Gasteiger partial charge in [0.2, 0.25) is 17.7 Å². The lowest BCUT2D eigenvalue weighted by atomic mass is 9.99. The molecule has 3 aliphatic rings. The van der Waals surface area contributed by atoms with E-state index >= 15 is 0 Å². The third kappa shape index (κ3) is 5.46. The second kappa shape index (κ2) is 10.9. The number of primary amides is 1. The van der Waals surface area contributed by atoms with Gasteiger partial charge in [-0.15, -0.1) is 0 Å². The molecule has 1 aliphatic carbocycles. The predicted molar refractivity (Wildman–Crippen MR) is 160 cm³/mol. The Morgan fingerprint density at radius 2 is 1.98 bits per heavy atom. The maximum atomic E-state index is 13.9. The number of carbonyl (C=O) groups is 3. The maximum absolute atomic E-state index is 13.9. The van der Waals surface area contributed by atoms with Gasteiger partial charge in [-0.3, -0.25) is 19.2 Å². The molecule has 1 aromatic carbocycles. The molecule has 11 heteroatoms. The quantitative estimate of drug-likeness (QED) is 0.367. The molecule has 6 rings (SSSR count). The van der Waals surface area contributed by atoms with E-state index in [1.165, 1.54) is 0 Å². The number of pyridine rings is 1. The third-order valence-electron chi connectivity index (χ3n) is 9.65. The fourth-order valence-electron chi connectivity index (χ4n) is 7.19. The number of benzene rings is 1. The van der Waals surface area contributed by atoms with Gasteiger partial charge in [-0.25, -0.2) is 4.68 Å². The zero-order chi connectivity index (χ0) is 30.6. The lowest BCUT2D eigenvalue weighted by Crippen LogP contribution is -2.55. The number of nitrogens with two attached hydrogens (primary N) is 1. The number of amides is 3. The number of aryl methyl sites for hydroxylation is 2. The highest BCUT2D eigenvalue weighted by molar-refractivity contribution is 5.93. The first kappa shape index (κ1) is 29.1. The maximum Gasteiger partial charge on any atom is 0.251 e. The SMILES string of the molecule is Cc1ccc2[nH]c(=O)c(C[C@H](NC(=O)[C@@H]3[C@@H]4[C@H](CN3C(=O)Cc3cc(C)nn3C3CCCCO3)C4(C)C)C(N)=O)cc2c1. The van der Waals surface area contributed by atoms with Crippen LogP contribution in [0.5, 0.6) is 0 Å². The molecular formula is C32H40N6O5. The number of rotatable bonds is 8. The van der Waals surface area contributed by atoms with E-state index in [0.717, 1.165) is 41.6 Å². The molecule has 43 heavy (non-hydrogen) atoms. The van der Waals surface area contributed by atoms with Gasteiger partial charge in [0, 0.05) is 30.7 Å². The van der Waals surface area contributed by atoms with Crippen molar-refractivity contribution in [3.05, 3.63) is 63.2 Å². The molecule has 4 N–H and O–H groups in total. The second-order valence-corrected chi connectivity index (χ2v) is 13.0. The Kier molecular flexibility index (Phi) is 7.40. The largest absolute Gasteiger partial charge is 0.368 e. The van der Waals surface area contributed by atoms with Gasteiger partial charge in [-0.2, -0.15) is 5.10 Å². The molecular weight excluding hydrogens is 548 g/mol. The van der Waals surface area contributed by atoms with E-state index < -0.39 is 23.9 Å². The van der Waals surface area contributed by atoms with E-state index in [1.807, 2.05) is 42.8 Å². The molecule has 1 saturated carbocycles. The monoisotopic (exact) mass is 588 g/mol. The Morgan fingerprint density at radius 1 is 1.19 bits per heavy atom. The second-order valence-electron chi connectivity index (χ2n) is 13.0. The average Bonchev–Trinajstić information content (AvgIpc) is 3.28. The van der Waals surface area contributed by atoms with E-state index in [-0.39, 0.29) is 47.8 Å². The number of nitrogens with zero attached hydrogens (tertiary/aromatic N) is 3. The Balaban J connectivity index is 1.21. The number of nitrogens with one attached hydrogen (secondary N) is 2. The highest BCUT2D eigenvalue weighted by Crippen LogP contribution is 2.64. The molecule has 0 bridgehead atoms. The number of aromatic amines is 1. The number of aromatic nitrogens is 3. The molecule has 3 amide bonds. The summed E-state index contributed by atoms with van der Waals surface area (Å²) in [6, 6.07) is 7.46. The smallest absolute Gasteiger partial charge is 0.251 e. The van der Waals surface area contributed by atoms with Crippen molar-refractivity contribution in [2.45, 2.75) is 78.1 Å². The van der Waals surface area contributed by atoms with Gasteiger partial charge in [0.05, 0.1) is 17.8 Å². The number of piperidine rings is 1. The lowest BCUT2D eigenvalue weighted by Gasteiger charge is -2.31. The van der Waals surface area contributed by atoms with Crippen LogP contribution in [0.2, 0.25) is 0 Å². The number of H-pyrrole nitrogens is 1. The van der Waals surface area contributed by atoms with Crippen LogP contribution < -0.4 is 16.6 Å². The third-order valence-corrected chi connectivity index (χ3v) is 9.65. The molecule has 5 atom stereocenters. The molecule has 2 aromatic heterocycles. The Bertz CT molecular complexity index is 1650. The van der Waals surface area contributed by atoms with Gasteiger partial charge < -0.3 is 25.7 Å². The predicted octanol–water partition coefficient (Wildman–Crippen LogP) is 2.28. The molecule has 11 nitrogen and oxygen atoms in total. The summed E-state index contributed by atoms with van der Waals surface area (Å²) in [6.07, 6.45) is 2.72. The van der Waals surface area contributed by atoms with Crippen molar-refractivity contribution in [2.75, 3.05) is 13.2 Å².